The summed E-state index contributed by atoms with van der Waals surface area (Å²) in [7, 11) is -3.29. The molecule has 0 bridgehead atoms. The summed E-state index contributed by atoms with van der Waals surface area (Å²) in [6.45, 7) is 0. The highest BCUT2D eigenvalue weighted by atomic mass is 79.9. The number of aromatic nitrogens is 1. The average molecular weight is 226 g/mol. The molecule has 1 aromatic rings. The van der Waals surface area contributed by atoms with Gasteiger partial charge in [-0.15, -0.1) is 0 Å². The van der Waals surface area contributed by atoms with E-state index in [2.05, 4.69) is 25.3 Å². The van der Waals surface area contributed by atoms with Gasteiger partial charge in [-0.1, -0.05) is 0 Å². The van der Waals surface area contributed by atoms with E-state index in [1.807, 2.05) is 0 Å². The lowest BCUT2D eigenvalue weighted by molar-refractivity contribution is 0.415. The van der Waals surface area contributed by atoms with Gasteiger partial charge in [0.05, 0.1) is 6.20 Å². The molecular weight excluding hydrogens is 222 g/mol. The summed E-state index contributed by atoms with van der Waals surface area (Å²) >= 11 is 2.93. The van der Waals surface area contributed by atoms with E-state index in [0.29, 0.717) is 4.67 Å². The van der Waals surface area contributed by atoms with Gasteiger partial charge in [-0.05, 0) is 15.9 Å². The van der Waals surface area contributed by atoms with Crippen LogP contribution in [0.2, 0.25) is 0 Å². The molecule has 1 rings (SSSR count). The molecule has 0 atom stereocenters. The molecule has 0 saturated carbocycles. The molecule has 4 nitrogen and oxygen atoms in total. The maximum Gasteiger partial charge on any atom is 0.315 e. The van der Waals surface area contributed by atoms with Crippen LogP contribution in [0.3, 0.4) is 0 Å². The quantitative estimate of drug-likeness (QED) is 0.711. The van der Waals surface area contributed by atoms with E-state index in [1.165, 1.54) is 6.20 Å². The SMILES string of the molecule is CS(=O)(=O)c1ncc(Br)o1. The third-order valence-electron chi connectivity index (χ3n) is 0.773. The number of rotatable bonds is 1. The zero-order valence-electron chi connectivity index (χ0n) is 5.04. The lowest BCUT2D eigenvalue weighted by Crippen LogP contribution is -1.95. The van der Waals surface area contributed by atoms with Crippen molar-refractivity contribution < 1.29 is 12.8 Å². The summed E-state index contributed by atoms with van der Waals surface area (Å²) in [6.07, 6.45) is 2.32. The molecule has 0 fully saturated rings. The van der Waals surface area contributed by atoms with Gasteiger partial charge in [-0.3, -0.25) is 0 Å². The van der Waals surface area contributed by atoms with Gasteiger partial charge in [-0.2, -0.15) is 0 Å². The van der Waals surface area contributed by atoms with Crippen molar-refractivity contribution in [1.29, 1.82) is 0 Å². The zero-order chi connectivity index (χ0) is 7.78. The first-order chi connectivity index (χ1) is 4.50. The summed E-state index contributed by atoms with van der Waals surface area (Å²) in [5, 5.41) is -0.264. The van der Waals surface area contributed by atoms with E-state index in [0.717, 1.165) is 6.26 Å². The molecule has 0 spiro atoms. The van der Waals surface area contributed by atoms with Gasteiger partial charge >= 0.3 is 5.22 Å². The lowest BCUT2D eigenvalue weighted by atomic mass is 11.0. The molecule has 56 valence electrons. The Morgan fingerprint density at radius 2 is 2.30 bits per heavy atom. The van der Waals surface area contributed by atoms with Crippen molar-refractivity contribution in [1.82, 2.24) is 4.98 Å². The number of sulfone groups is 1. The highest BCUT2D eigenvalue weighted by Crippen LogP contribution is 2.13. The molecule has 0 aliphatic carbocycles. The first-order valence-electron chi connectivity index (χ1n) is 2.31. The first kappa shape index (κ1) is 7.74. The van der Waals surface area contributed by atoms with Gasteiger partial charge in [0, 0.05) is 6.26 Å². The van der Waals surface area contributed by atoms with Crippen molar-refractivity contribution in [2.45, 2.75) is 5.22 Å². The Kier molecular flexibility index (Phi) is 1.82. The van der Waals surface area contributed by atoms with Gasteiger partial charge in [0.2, 0.25) is 9.84 Å². The van der Waals surface area contributed by atoms with Crippen LogP contribution in [0.15, 0.2) is 20.5 Å². The molecule has 6 heteroatoms. The fourth-order valence-corrected chi connectivity index (χ4v) is 1.26. The van der Waals surface area contributed by atoms with E-state index in [-0.39, 0.29) is 5.22 Å². The third kappa shape index (κ3) is 1.57. The molecule has 0 aromatic carbocycles. The maximum absolute atomic E-state index is 10.7. The molecular formula is C4H4BrNO3S. The Balaban J connectivity index is 3.21. The fraction of sp³-hybridized carbons (Fsp3) is 0.250. The molecule has 1 heterocycles. The number of oxazole rings is 1. The molecule has 0 unspecified atom stereocenters. The molecule has 0 N–H and O–H groups in total. The van der Waals surface area contributed by atoms with E-state index in [4.69, 9.17) is 0 Å². The highest BCUT2D eigenvalue weighted by Gasteiger charge is 2.12. The number of hydrogen-bond acceptors (Lipinski definition) is 4. The molecule has 10 heavy (non-hydrogen) atoms. The summed E-state index contributed by atoms with van der Waals surface area (Å²) in [4.78, 5) is 3.49. The van der Waals surface area contributed by atoms with Crippen LogP contribution in [0.1, 0.15) is 0 Å². The summed E-state index contributed by atoms with van der Waals surface area (Å²) in [5.41, 5.74) is 0. The predicted octanol–water partition coefficient (Wildman–Crippen LogP) is 0.841. The normalized spacial score (nSPS) is 11.8. The first-order valence-corrected chi connectivity index (χ1v) is 5.00. The second-order valence-electron chi connectivity index (χ2n) is 1.70. The van der Waals surface area contributed by atoms with Crippen molar-refractivity contribution in [3.05, 3.63) is 10.9 Å². The highest BCUT2D eigenvalue weighted by molar-refractivity contribution is 9.10. The topological polar surface area (TPSA) is 60.2 Å². The van der Waals surface area contributed by atoms with Crippen LogP contribution in [-0.2, 0) is 9.84 Å². The van der Waals surface area contributed by atoms with Crippen molar-refractivity contribution in [2.75, 3.05) is 6.26 Å². The second kappa shape index (κ2) is 2.35. The van der Waals surface area contributed by atoms with Gasteiger partial charge < -0.3 is 4.42 Å². The number of hydrogen-bond donors (Lipinski definition) is 0. The average Bonchev–Trinajstić information content (AvgIpc) is 2.11. The minimum Gasteiger partial charge on any atom is -0.421 e. The van der Waals surface area contributed by atoms with Crippen molar-refractivity contribution in [3.8, 4) is 0 Å². The zero-order valence-corrected chi connectivity index (χ0v) is 7.44. The van der Waals surface area contributed by atoms with Crippen molar-refractivity contribution in [3.63, 3.8) is 0 Å². The standard InChI is InChI=1S/C4H4BrNO3S/c1-10(7,8)4-6-2-3(5)9-4/h2H,1H3. The Bertz CT molecular complexity index is 328. The Labute approximate surface area is 66.3 Å². The number of nitrogens with zero attached hydrogens (tertiary/aromatic N) is 1. The Morgan fingerprint density at radius 3 is 2.50 bits per heavy atom. The van der Waals surface area contributed by atoms with Crippen LogP contribution in [0, 0.1) is 0 Å². The second-order valence-corrected chi connectivity index (χ2v) is 4.38. The van der Waals surface area contributed by atoms with Crippen LogP contribution in [0.4, 0.5) is 0 Å². The molecule has 0 amide bonds. The van der Waals surface area contributed by atoms with Crippen molar-refractivity contribution in [2.24, 2.45) is 0 Å². The predicted molar refractivity (Wildman–Crippen MR) is 37.3 cm³/mol. The largest absolute Gasteiger partial charge is 0.421 e. The van der Waals surface area contributed by atoms with Crippen LogP contribution >= 0.6 is 15.9 Å². The molecule has 0 aliphatic heterocycles. The summed E-state index contributed by atoms with van der Waals surface area (Å²) in [6, 6.07) is 0. The van der Waals surface area contributed by atoms with Gasteiger partial charge in [0.25, 0.3) is 0 Å². The van der Waals surface area contributed by atoms with Crippen LogP contribution in [-0.4, -0.2) is 19.7 Å². The lowest BCUT2D eigenvalue weighted by Gasteiger charge is -1.85. The minimum absolute atomic E-state index is 0.264. The smallest absolute Gasteiger partial charge is 0.315 e. The van der Waals surface area contributed by atoms with Crippen LogP contribution in [0.25, 0.3) is 0 Å². The number of halogens is 1. The van der Waals surface area contributed by atoms with E-state index < -0.39 is 9.84 Å². The Morgan fingerprint density at radius 1 is 1.70 bits per heavy atom. The fourth-order valence-electron chi connectivity index (χ4n) is 0.411. The summed E-state index contributed by atoms with van der Waals surface area (Å²) < 4.78 is 26.3. The molecule has 0 aliphatic rings. The van der Waals surface area contributed by atoms with Crippen LogP contribution in [0.5, 0.6) is 0 Å². The third-order valence-corrected chi connectivity index (χ3v) is 1.96. The molecule has 0 saturated heterocycles. The molecule has 1 aromatic heterocycles. The van der Waals surface area contributed by atoms with Crippen LogP contribution < -0.4 is 0 Å². The van der Waals surface area contributed by atoms with E-state index in [9.17, 15) is 8.42 Å². The van der Waals surface area contributed by atoms with Gasteiger partial charge in [0.1, 0.15) is 0 Å². The van der Waals surface area contributed by atoms with Crippen molar-refractivity contribution >= 4 is 25.8 Å². The van der Waals surface area contributed by atoms with Gasteiger partial charge in [0.15, 0.2) is 4.67 Å². The minimum atomic E-state index is -3.29. The molecule has 0 radical (unpaired) electrons. The summed E-state index contributed by atoms with van der Waals surface area (Å²) in [5.74, 6) is 0. The van der Waals surface area contributed by atoms with E-state index in [1.54, 1.807) is 0 Å². The van der Waals surface area contributed by atoms with E-state index >= 15 is 0 Å². The maximum atomic E-state index is 10.7. The Hall–Kier alpha value is -0.360. The monoisotopic (exact) mass is 225 g/mol. The van der Waals surface area contributed by atoms with Gasteiger partial charge in [-0.25, -0.2) is 13.4 Å².